The maximum atomic E-state index is 12.4. The highest BCUT2D eigenvalue weighted by molar-refractivity contribution is 7.17. The molecule has 2 amide bonds. The van der Waals surface area contributed by atoms with Crippen LogP contribution in [0.5, 0.6) is 5.75 Å². The Hall–Kier alpha value is -3.63. The van der Waals surface area contributed by atoms with E-state index in [1.165, 1.54) is 11.3 Å². The van der Waals surface area contributed by atoms with Crippen molar-refractivity contribution in [2.75, 3.05) is 11.9 Å². The Morgan fingerprint density at radius 2 is 1.90 bits per heavy atom. The number of nitrogens with one attached hydrogen (secondary N) is 1. The minimum atomic E-state index is -0.563. The van der Waals surface area contributed by atoms with Crippen LogP contribution in [0.25, 0.3) is 11.1 Å². The molecular formula is C24H23N3O3S. The highest BCUT2D eigenvalue weighted by Gasteiger charge is 2.22. The summed E-state index contributed by atoms with van der Waals surface area (Å²) in [6.45, 7) is 2.36. The van der Waals surface area contributed by atoms with Crippen LogP contribution >= 0.6 is 11.3 Å². The normalized spacial score (nSPS) is 10.3. The van der Waals surface area contributed by atoms with Gasteiger partial charge in [0.1, 0.15) is 10.8 Å². The molecule has 158 valence electrons. The number of thiophene rings is 1. The van der Waals surface area contributed by atoms with E-state index in [4.69, 9.17) is 15.7 Å². The third-order valence-corrected chi connectivity index (χ3v) is 5.70. The van der Waals surface area contributed by atoms with Crippen LogP contribution in [0.4, 0.5) is 5.00 Å². The Morgan fingerprint density at radius 3 is 2.61 bits per heavy atom. The number of primary amides is 1. The first kappa shape index (κ1) is 22.1. The van der Waals surface area contributed by atoms with Gasteiger partial charge in [0.2, 0.25) is 5.91 Å². The van der Waals surface area contributed by atoms with E-state index in [-0.39, 0.29) is 5.91 Å². The highest BCUT2D eigenvalue weighted by atomic mass is 32.1. The number of rotatable bonds is 9. The molecule has 1 heterocycles. The van der Waals surface area contributed by atoms with Crippen molar-refractivity contribution in [2.24, 2.45) is 5.73 Å². The third kappa shape index (κ3) is 5.71. The summed E-state index contributed by atoms with van der Waals surface area (Å²) in [5, 5.41) is 12.2. The number of ether oxygens (including phenoxy) is 1. The molecule has 1 aromatic heterocycles. The van der Waals surface area contributed by atoms with Gasteiger partial charge in [-0.15, -0.1) is 11.3 Å². The second kappa shape index (κ2) is 10.4. The van der Waals surface area contributed by atoms with E-state index in [9.17, 15) is 9.59 Å². The van der Waals surface area contributed by atoms with Crippen molar-refractivity contribution in [3.8, 4) is 22.9 Å². The van der Waals surface area contributed by atoms with Crippen LogP contribution in [0, 0.1) is 18.3 Å². The van der Waals surface area contributed by atoms with E-state index in [1.54, 1.807) is 24.3 Å². The van der Waals surface area contributed by atoms with Crippen molar-refractivity contribution in [3.63, 3.8) is 0 Å². The number of nitrogens with two attached hydrogens (primary N) is 1. The molecule has 0 bridgehead atoms. The van der Waals surface area contributed by atoms with E-state index >= 15 is 0 Å². The zero-order valence-electron chi connectivity index (χ0n) is 17.2. The third-order valence-electron chi connectivity index (χ3n) is 4.68. The number of nitrogens with zero attached hydrogens (tertiary/aromatic N) is 1. The van der Waals surface area contributed by atoms with Crippen molar-refractivity contribution < 1.29 is 14.3 Å². The van der Waals surface area contributed by atoms with Crippen LogP contribution in [-0.4, -0.2) is 18.4 Å². The Bertz CT molecular complexity index is 1120. The number of unbranched alkanes of at least 4 members (excludes halogenated alkanes) is 1. The fourth-order valence-corrected chi connectivity index (χ4v) is 4.34. The molecule has 0 aliphatic rings. The smallest absolute Gasteiger partial charge is 0.252 e. The van der Waals surface area contributed by atoms with Crippen molar-refractivity contribution in [1.29, 1.82) is 5.26 Å². The number of benzene rings is 2. The monoisotopic (exact) mass is 433 g/mol. The molecule has 2 aromatic carbocycles. The molecule has 0 atom stereocenters. The SMILES string of the molecule is Cc1sc(NC(=O)CCCCOc2cccc(C#N)c2)c(C(N)=O)c1-c1ccccc1. The van der Waals surface area contributed by atoms with Crippen molar-refractivity contribution in [3.05, 3.63) is 70.6 Å². The van der Waals surface area contributed by atoms with Gasteiger partial charge >= 0.3 is 0 Å². The Balaban J connectivity index is 1.56. The summed E-state index contributed by atoms with van der Waals surface area (Å²) in [4.78, 5) is 25.5. The van der Waals surface area contributed by atoms with Gasteiger partial charge in [0.25, 0.3) is 5.91 Å². The van der Waals surface area contributed by atoms with Crippen LogP contribution < -0.4 is 15.8 Å². The molecule has 0 saturated carbocycles. The molecule has 3 rings (SSSR count). The standard InChI is InChI=1S/C24H23N3O3S/c1-16-21(18-9-3-2-4-10-18)22(23(26)29)24(31-16)27-20(28)12-5-6-13-30-19-11-7-8-17(14-19)15-25/h2-4,7-11,14H,5-6,12-13H2,1H3,(H2,26,29)(H,27,28). The van der Waals surface area contributed by atoms with Gasteiger partial charge in [-0.05, 0) is 43.5 Å². The molecule has 7 heteroatoms. The summed E-state index contributed by atoms with van der Waals surface area (Å²) in [6, 6.07) is 18.6. The summed E-state index contributed by atoms with van der Waals surface area (Å²) in [7, 11) is 0. The van der Waals surface area contributed by atoms with Crippen molar-refractivity contribution >= 4 is 28.2 Å². The van der Waals surface area contributed by atoms with E-state index in [0.29, 0.717) is 47.7 Å². The molecule has 0 aliphatic carbocycles. The van der Waals surface area contributed by atoms with Gasteiger partial charge in [-0.25, -0.2) is 0 Å². The molecule has 0 spiro atoms. The fraction of sp³-hybridized carbons (Fsp3) is 0.208. The number of amides is 2. The molecule has 3 N–H and O–H groups in total. The minimum absolute atomic E-state index is 0.171. The zero-order chi connectivity index (χ0) is 22.2. The van der Waals surface area contributed by atoms with Gasteiger partial charge in [0, 0.05) is 16.9 Å². The van der Waals surface area contributed by atoms with Crippen LogP contribution in [0.1, 0.15) is 40.1 Å². The molecule has 0 radical (unpaired) electrons. The second-order valence-electron chi connectivity index (χ2n) is 6.96. The quantitative estimate of drug-likeness (QED) is 0.469. The Morgan fingerprint density at radius 1 is 1.13 bits per heavy atom. The fourth-order valence-electron chi connectivity index (χ4n) is 3.24. The van der Waals surface area contributed by atoms with Gasteiger partial charge in [0.15, 0.2) is 0 Å². The lowest BCUT2D eigenvalue weighted by Crippen LogP contribution is -2.17. The molecule has 31 heavy (non-hydrogen) atoms. The van der Waals surface area contributed by atoms with Crippen LogP contribution in [0.3, 0.4) is 0 Å². The minimum Gasteiger partial charge on any atom is -0.494 e. The predicted octanol–water partition coefficient (Wildman–Crippen LogP) is 4.88. The number of nitriles is 1. The van der Waals surface area contributed by atoms with Crippen LogP contribution in [0.2, 0.25) is 0 Å². The highest BCUT2D eigenvalue weighted by Crippen LogP contribution is 2.39. The number of hydrogen-bond donors (Lipinski definition) is 2. The number of hydrogen-bond acceptors (Lipinski definition) is 5. The summed E-state index contributed by atoms with van der Waals surface area (Å²) < 4.78 is 5.63. The molecule has 0 aliphatic heterocycles. The van der Waals surface area contributed by atoms with Gasteiger partial charge in [0.05, 0.1) is 23.8 Å². The topological polar surface area (TPSA) is 105 Å². The lowest BCUT2D eigenvalue weighted by Gasteiger charge is -2.08. The lowest BCUT2D eigenvalue weighted by atomic mass is 10.0. The summed E-state index contributed by atoms with van der Waals surface area (Å²) in [5.41, 5.74) is 8.19. The van der Waals surface area contributed by atoms with Gasteiger partial charge in [-0.3, -0.25) is 9.59 Å². The molecule has 3 aromatic rings. The molecular weight excluding hydrogens is 410 g/mol. The van der Waals surface area contributed by atoms with Gasteiger partial charge in [-0.2, -0.15) is 5.26 Å². The Kier molecular flexibility index (Phi) is 7.41. The summed E-state index contributed by atoms with van der Waals surface area (Å²) in [5.74, 6) is -0.0987. The van der Waals surface area contributed by atoms with E-state index in [2.05, 4.69) is 11.4 Å². The summed E-state index contributed by atoms with van der Waals surface area (Å²) in [6.07, 6.45) is 1.62. The molecule has 0 fully saturated rings. The largest absolute Gasteiger partial charge is 0.494 e. The zero-order valence-corrected chi connectivity index (χ0v) is 18.0. The number of carbonyl (C=O) groups is 2. The first-order valence-electron chi connectivity index (χ1n) is 9.91. The second-order valence-corrected chi connectivity index (χ2v) is 8.19. The Labute approximate surface area is 185 Å². The number of carbonyl (C=O) groups excluding carboxylic acids is 2. The molecule has 0 unspecified atom stereocenters. The van der Waals surface area contributed by atoms with Crippen molar-refractivity contribution in [2.45, 2.75) is 26.2 Å². The average Bonchev–Trinajstić information content (AvgIpc) is 3.10. The first-order chi connectivity index (χ1) is 15.0. The maximum absolute atomic E-state index is 12.4. The van der Waals surface area contributed by atoms with E-state index in [0.717, 1.165) is 16.0 Å². The van der Waals surface area contributed by atoms with Crippen molar-refractivity contribution in [1.82, 2.24) is 0 Å². The van der Waals surface area contributed by atoms with E-state index in [1.807, 2.05) is 37.3 Å². The van der Waals surface area contributed by atoms with Gasteiger partial charge in [-0.1, -0.05) is 36.4 Å². The molecule has 0 saturated heterocycles. The van der Waals surface area contributed by atoms with Crippen LogP contribution in [-0.2, 0) is 4.79 Å². The predicted molar refractivity (Wildman–Crippen MR) is 122 cm³/mol. The number of anilines is 1. The van der Waals surface area contributed by atoms with Gasteiger partial charge < -0.3 is 15.8 Å². The molecule has 6 nitrogen and oxygen atoms in total. The maximum Gasteiger partial charge on any atom is 0.252 e. The lowest BCUT2D eigenvalue weighted by molar-refractivity contribution is -0.116. The number of aryl methyl sites for hydroxylation is 1. The summed E-state index contributed by atoms with van der Waals surface area (Å²) >= 11 is 1.35. The van der Waals surface area contributed by atoms with E-state index < -0.39 is 5.91 Å². The first-order valence-corrected chi connectivity index (χ1v) is 10.7. The van der Waals surface area contributed by atoms with Crippen LogP contribution in [0.15, 0.2) is 54.6 Å². The average molecular weight is 434 g/mol.